The Kier molecular flexibility index (Phi) is 5.06. The summed E-state index contributed by atoms with van der Waals surface area (Å²) in [6.45, 7) is 3.59. The third kappa shape index (κ3) is 4.47. The second kappa shape index (κ2) is 5.53. The number of nitrogens with zero attached hydrogens (tertiary/aromatic N) is 1. The van der Waals surface area contributed by atoms with Crippen molar-refractivity contribution in [1.82, 2.24) is 4.90 Å². The van der Waals surface area contributed by atoms with Gasteiger partial charge in [0.1, 0.15) is 6.54 Å². The van der Waals surface area contributed by atoms with Crippen molar-refractivity contribution in [2.45, 2.75) is 26.3 Å². The van der Waals surface area contributed by atoms with E-state index in [1.165, 1.54) is 4.90 Å². The highest BCUT2D eigenvalue weighted by Gasteiger charge is 2.18. The van der Waals surface area contributed by atoms with Gasteiger partial charge in [0, 0.05) is 6.54 Å². The molecule has 5 nitrogen and oxygen atoms in total. The first-order valence-electron chi connectivity index (χ1n) is 4.25. The second-order valence-electron chi connectivity index (χ2n) is 2.94. The van der Waals surface area contributed by atoms with Gasteiger partial charge in [-0.15, -0.1) is 0 Å². The van der Waals surface area contributed by atoms with Gasteiger partial charge in [-0.05, 0) is 13.3 Å². The van der Waals surface area contributed by atoms with Crippen molar-refractivity contribution in [2.75, 3.05) is 13.1 Å². The van der Waals surface area contributed by atoms with Crippen LogP contribution in [0.15, 0.2) is 0 Å². The highest BCUT2D eigenvalue weighted by Crippen LogP contribution is 1.95. The van der Waals surface area contributed by atoms with Crippen LogP contribution in [0, 0.1) is 0 Å². The molecule has 0 radical (unpaired) electrons. The van der Waals surface area contributed by atoms with Crippen LogP contribution >= 0.6 is 0 Å². The number of hydrogen-bond donors (Lipinski definition) is 2. The summed E-state index contributed by atoms with van der Waals surface area (Å²) in [6, 6.07) is -0.633. The largest absolute Gasteiger partial charge is 0.480 e. The molecular formula is C8H16N2O3. The molecule has 0 heterocycles. The molecule has 0 unspecified atom stereocenters. The molecule has 1 atom stereocenters. The number of nitrogens with two attached hydrogens (primary N) is 1. The van der Waals surface area contributed by atoms with E-state index in [0.717, 1.165) is 6.42 Å². The van der Waals surface area contributed by atoms with E-state index in [1.807, 2.05) is 6.92 Å². The summed E-state index contributed by atoms with van der Waals surface area (Å²) in [5.41, 5.74) is 5.36. The smallest absolute Gasteiger partial charge is 0.323 e. The molecule has 76 valence electrons. The molecule has 0 aromatic heterocycles. The van der Waals surface area contributed by atoms with Crippen molar-refractivity contribution in [3.8, 4) is 0 Å². The molecule has 0 aliphatic carbocycles. The number of carboxylic acid groups (broad SMARTS) is 1. The molecule has 0 aliphatic heterocycles. The van der Waals surface area contributed by atoms with Gasteiger partial charge >= 0.3 is 5.97 Å². The molecule has 0 saturated heterocycles. The molecular weight excluding hydrogens is 172 g/mol. The molecule has 0 aromatic rings. The quantitative estimate of drug-likeness (QED) is 0.618. The third-order valence-electron chi connectivity index (χ3n) is 1.52. The van der Waals surface area contributed by atoms with Crippen LogP contribution in [-0.4, -0.2) is 41.0 Å². The maximum absolute atomic E-state index is 11.3. The van der Waals surface area contributed by atoms with E-state index in [4.69, 9.17) is 10.8 Å². The zero-order chi connectivity index (χ0) is 10.4. The van der Waals surface area contributed by atoms with Crippen LogP contribution < -0.4 is 5.73 Å². The number of amides is 1. The minimum atomic E-state index is -1.01. The van der Waals surface area contributed by atoms with Crippen LogP contribution in [-0.2, 0) is 9.59 Å². The van der Waals surface area contributed by atoms with Crippen molar-refractivity contribution in [3.63, 3.8) is 0 Å². The fraction of sp³-hybridized carbons (Fsp3) is 0.750. The van der Waals surface area contributed by atoms with E-state index in [0.29, 0.717) is 6.54 Å². The van der Waals surface area contributed by atoms with E-state index < -0.39 is 12.0 Å². The Hall–Kier alpha value is -1.10. The summed E-state index contributed by atoms with van der Waals surface area (Å²) in [6.07, 6.45) is 0.728. The normalized spacial score (nSPS) is 12.2. The van der Waals surface area contributed by atoms with Crippen molar-refractivity contribution < 1.29 is 14.7 Å². The first-order chi connectivity index (χ1) is 5.99. The van der Waals surface area contributed by atoms with Gasteiger partial charge in [0.15, 0.2) is 0 Å². The molecule has 13 heavy (non-hydrogen) atoms. The maximum Gasteiger partial charge on any atom is 0.323 e. The van der Waals surface area contributed by atoms with Gasteiger partial charge in [0.25, 0.3) is 0 Å². The highest BCUT2D eigenvalue weighted by molar-refractivity contribution is 5.84. The zero-order valence-electron chi connectivity index (χ0n) is 7.99. The minimum absolute atomic E-state index is 0.270. The minimum Gasteiger partial charge on any atom is -0.480 e. The molecule has 0 saturated carbocycles. The lowest BCUT2D eigenvalue weighted by Gasteiger charge is -2.21. The standard InChI is InChI=1S/C8H16N2O3/c1-3-4-10(5-7(11)12)8(13)6(2)9/h6H,3-5,9H2,1-2H3,(H,11,12)/t6-/m1/s1. The van der Waals surface area contributed by atoms with Gasteiger partial charge in [-0.2, -0.15) is 0 Å². The van der Waals surface area contributed by atoms with E-state index in [2.05, 4.69) is 0 Å². The average Bonchev–Trinajstić information content (AvgIpc) is 2.01. The number of carboxylic acids is 1. The predicted molar refractivity (Wildman–Crippen MR) is 48.2 cm³/mol. The van der Waals surface area contributed by atoms with E-state index in [-0.39, 0.29) is 12.5 Å². The van der Waals surface area contributed by atoms with E-state index in [1.54, 1.807) is 6.92 Å². The van der Waals surface area contributed by atoms with Gasteiger partial charge in [0.2, 0.25) is 5.91 Å². The molecule has 0 aromatic carbocycles. The monoisotopic (exact) mass is 188 g/mol. The summed E-state index contributed by atoms with van der Waals surface area (Å²) >= 11 is 0. The third-order valence-corrected chi connectivity index (χ3v) is 1.52. The topological polar surface area (TPSA) is 83.6 Å². The summed E-state index contributed by atoms with van der Waals surface area (Å²) in [5, 5.41) is 8.51. The zero-order valence-corrected chi connectivity index (χ0v) is 7.99. The number of carbonyl (C=O) groups excluding carboxylic acids is 1. The summed E-state index contributed by atoms with van der Waals surface area (Å²) in [4.78, 5) is 22.9. The predicted octanol–water partition coefficient (Wildman–Crippen LogP) is -0.343. The first-order valence-corrected chi connectivity index (χ1v) is 4.25. The second-order valence-corrected chi connectivity index (χ2v) is 2.94. The lowest BCUT2D eigenvalue weighted by Crippen LogP contribution is -2.44. The number of hydrogen-bond acceptors (Lipinski definition) is 3. The molecule has 0 bridgehead atoms. The number of rotatable bonds is 5. The van der Waals surface area contributed by atoms with Crippen LogP contribution in [0.2, 0.25) is 0 Å². The molecule has 0 rings (SSSR count). The molecule has 5 heteroatoms. The van der Waals surface area contributed by atoms with Crippen molar-refractivity contribution in [2.24, 2.45) is 5.73 Å². The molecule has 0 spiro atoms. The highest BCUT2D eigenvalue weighted by atomic mass is 16.4. The average molecular weight is 188 g/mol. The SMILES string of the molecule is CCCN(CC(=O)O)C(=O)[C@@H](C)N. The van der Waals surface area contributed by atoms with E-state index in [9.17, 15) is 9.59 Å². The van der Waals surface area contributed by atoms with Crippen molar-refractivity contribution >= 4 is 11.9 Å². The first kappa shape index (κ1) is 11.9. The Bertz CT molecular complexity index is 192. The van der Waals surface area contributed by atoms with Crippen LogP contribution in [0.1, 0.15) is 20.3 Å². The Morgan fingerprint density at radius 3 is 2.38 bits per heavy atom. The van der Waals surface area contributed by atoms with Crippen molar-refractivity contribution in [3.05, 3.63) is 0 Å². The van der Waals surface area contributed by atoms with Crippen LogP contribution in [0.25, 0.3) is 0 Å². The summed E-state index contributed by atoms with van der Waals surface area (Å²) in [7, 11) is 0. The molecule has 3 N–H and O–H groups in total. The Balaban J connectivity index is 4.23. The Morgan fingerprint density at radius 1 is 1.54 bits per heavy atom. The van der Waals surface area contributed by atoms with Gasteiger partial charge in [0.05, 0.1) is 6.04 Å². The molecule has 0 fully saturated rings. The number of carbonyl (C=O) groups is 2. The van der Waals surface area contributed by atoms with Crippen molar-refractivity contribution in [1.29, 1.82) is 0 Å². The van der Waals surface area contributed by atoms with E-state index >= 15 is 0 Å². The summed E-state index contributed by atoms with van der Waals surface area (Å²) in [5.74, 6) is -1.33. The Labute approximate surface area is 77.5 Å². The lowest BCUT2D eigenvalue weighted by atomic mass is 10.3. The Morgan fingerprint density at radius 2 is 2.08 bits per heavy atom. The molecule has 0 aliphatic rings. The van der Waals surface area contributed by atoms with Gasteiger partial charge < -0.3 is 15.7 Å². The fourth-order valence-corrected chi connectivity index (χ4v) is 0.988. The van der Waals surface area contributed by atoms with Crippen LogP contribution in [0.5, 0.6) is 0 Å². The lowest BCUT2D eigenvalue weighted by molar-refractivity contribution is -0.144. The van der Waals surface area contributed by atoms with Crippen LogP contribution in [0.4, 0.5) is 0 Å². The summed E-state index contributed by atoms with van der Waals surface area (Å²) < 4.78 is 0. The number of aliphatic carboxylic acids is 1. The van der Waals surface area contributed by atoms with Gasteiger partial charge in [-0.1, -0.05) is 6.92 Å². The van der Waals surface area contributed by atoms with Crippen LogP contribution in [0.3, 0.4) is 0 Å². The van der Waals surface area contributed by atoms with Gasteiger partial charge in [-0.3, -0.25) is 9.59 Å². The molecule has 1 amide bonds. The van der Waals surface area contributed by atoms with Gasteiger partial charge in [-0.25, -0.2) is 0 Å². The fourth-order valence-electron chi connectivity index (χ4n) is 0.988. The maximum atomic E-state index is 11.3.